The van der Waals surface area contributed by atoms with Crippen molar-refractivity contribution in [2.45, 2.75) is 45.2 Å². The molecule has 25 heavy (non-hydrogen) atoms. The minimum Gasteiger partial charge on any atom is -0.383 e. The molecular weight excluding hydrogens is 433 g/mol. The van der Waals surface area contributed by atoms with Crippen LogP contribution in [0.2, 0.25) is 0 Å². The Labute approximate surface area is 170 Å². The SMILES string of the molecule is CCNC(=NCCCN1CCCC1C(=O)N(C)C)NC(C)COC.I. The predicted molar refractivity (Wildman–Crippen MR) is 114 cm³/mol. The Hall–Kier alpha value is -0.610. The van der Waals surface area contributed by atoms with Crippen LogP contribution in [0.4, 0.5) is 0 Å². The number of carbonyl (C=O) groups excluding carboxylic acids is 1. The van der Waals surface area contributed by atoms with E-state index in [1.807, 2.05) is 14.1 Å². The van der Waals surface area contributed by atoms with Gasteiger partial charge in [-0.2, -0.15) is 0 Å². The summed E-state index contributed by atoms with van der Waals surface area (Å²) in [4.78, 5) is 20.8. The number of guanidine groups is 1. The van der Waals surface area contributed by atoms with Gasteiger partial charge in [0.05, 0.1) is 12.6 Å². The molecule has 2 N–H and O–H groups in total. The summed E-state index contributed by atoms with van der Waals surface area (Å²) in [6.45, 7) is 8.27. The summed E-state index contributed by atoms with van der Waals surface area (Å²) < 4.78 is 5.14. The number of nitrogens with zero attached hydrogens (tertiary/aromatic N) is 3. The Kier molecular flexibility index (Phi) is 13.2. The second kappa shape index (κ2) is 13.6. The molecular formula is C17H36IN5O2. The van der Waals surface area contributed by atoms with Crippen LogP contribution >= 0.6 is 24.0 Å². The van der Waals surface area contributed by atoms with Gasteiger partial charge < -0.3 is 20.3 Å². The number of methoxy groups -OCH3 is 1. The molecule has 0 saturated carbocycles. The molecule has 0 aromatic heterocycles. The molecule has 0 aliphatic carbocycles. The van der Waals surface area contributed by atoms with Crippen LogP contribution in [-0.4, -0.2) is 87.7 Å². The van der Waals surface area contributed by atoms with Gasteiger partial charge in [-0.05, 0) is 39.7 Å². The molecule has 2 unspecified atom stereocenters. The monoisotopic (exact) mass is 469 g/mol. The predicted octanol–water partition coefficient (Wildman–Crippen LogP) is 1.14. The van der Waals surface area contributed by atoms with E-state index in [0.717, 1.165) is 51.4 Å². The molecule has 1 rings (SSSR count). The number of hydrogen-bond acceptors (Lipinski definition) is 4. The van der Waals surface area contributed by atoms with Crippen molar-refractivity contribution in [2.24, 2.45) is 4.99 Å². The summed E-state index contributed by atoms with van der Waals surface area (Å²) in [5.74, 6) is 1.05. The first-order valence-electron chi connectivity index (χ1n) is 8.98. The number of nitrogens with one attached hydrogen (secondary N) is 2. The highest BCUT2D eigenvalue weighted by Gasteiger charge is 2.30. The molecule has 8 heteroatoms. The Morgan fingerprint density at radius 2 is 2.16 bits per heavy atom. The fraction of sp³-hybridized carbons (Fsp3) is 0.882. The average Bonchev–Trinajstić information content (AvgIpc) is 2.99. The second-order valence-electron chi connectivity index (χ2n) is 6.54. The van der Waals surface area contributed by atoms with Crippen LogP contribution in [0.5, 0.6) is 0 Å². The van der Waals surface area contributed by atoms with Crippen LogP contribution in [0.1, 0.15) is 33.1 Å². The van der Waals surface area contributed by atoms with Gasteiger partial charge >= 0.3 is 0 Å². The Balaban J connectivity index is 0.00000576. The number of hydrogen-bond donors (Lipinski definition) is 2. The number of likely N-dealkylation sites (tertiary alicyclic amines) is 1. The summed E-state index contributed by atoms with van der Waals surface area (Å²) in [6, 6.07) is 0.269. The van der Waals surface area contributed by atoms with E-state index >= 15 is 0 Å². The first-order valence-corrected chi connectivity index (χ1v) is 8.98. The van der Waals surface area contributed by atoms with Crippen LogP contribution in [0.3, 0.4) is 0 Å². The molecule has 1 saturated heterocycles. The third-order valence-electron chi connectivity index (χ3n) is 4.11. The first-order chi connectivity index (χ1) is 11.5. The number of ether oxygens (including phenoxy) is 1. The van der Waals surface area contributed by atoms with E-state index in [2.05, 4.69) is 34.4 Å². The highest BCUT2D eigenvalue weighted by atomic mass is 127. The topological polar surface area (TPSA) is 69.2 Å². The number of amides is 1. The highest BCUT2D eigenvalue weighted by molar-refractivity contribution is 14.0. The molecule has 0 aromatic carbocycles. The van der Waals surface area contributed by atoms with Crippen molar-refractivity contribution in [1.29, 1.82) is 0 Å². The van der Waals surface area contributed by atoms with Crippen molar-refractivity contribution in [1.82, 2.24) is 20.4 Å². The third-order valence-corrected chi connectivity index (χ3v) is 4.11. The van der Waals surface area contributed by atoms with Gasteiger partial charge in [-0.1, -0.05) is 0 Å². The summed E-state index contributed by atoms with van der Waals surface area (Å²) >= 11 is 0. The minimum absolute atomic E-state index is 0. The van der Waals surface area contributed by atoms with Gasteiger partial charge in [0.15, 0.2) is 5.96 Å². The first kappa shape index (κ1) is 24.4. The van der Waals surface area contributed by atoms with Gasteiger partial charge in [-0.3, -0.25) is 14.7 Å². The lowest BCUT2D eigenvalue weighted by atomic mass is 10.2. The van der Waals surface area contributed by atoms with Crippen molar-refractivity contribution in [3.63, 3.8) is 0 Å². The lowest BCUT2D eigenvalue weighted by Crippen LogP contribution is -2.44. The summed E-state index contributed by atoms with van der Waals surface area (Å²) in [5.41, 5.74) is 0. The maximum absolute atomic E-state index is 12.2. The molecule has 1 heterocycles. The molecule has 0 bridgehead atoms. The zero-order valence-electron chi connectivity index (χ0n) is 16.4. The molecule has 0 spiro atoms. The number of likely N-dealkylation sites (N-methyl/N-ethyl adjacent to an activating group) is 1. The highest BCUT2D eigenvalue weighted by Crippen LogP contribution is 2.18. The van der Waals surface area contributed by atoms with E-state index in [1.54, 1.807) is 12.0 Å². The van der Waals surface area contributed by atoms with Crippen LogP contribution < -0.4 is 10.6 Å². The van der Waals surface area contributed by atoms with E-state index in [9.17, 15) is 4.79 Å². The maximum Gasteiger partial charge on any atom is 0.239 e. The van der Waals surface area contributed by atoms with E-state index < -0.39 is 0 Å². The Bertz CT molecular complexity index is 406. The molecule has 1 aliphatic rings. The molecule has 148 valence electrons. The van der Waals surface area contributed by atoms with Gasteiger partial charge in [-0.15, -0.1) is 24.0 Å². The number of rotatable bonds is 9. The van der Waals surface area contributed by atoms with Crippen LogP contribution in [0.15, 0.2) is 4.99 Å². The van der Waals surface area contributed by atoms with Gasteiger partial charge in [-0.25, -0.2) is 0 Å². The zero-order chi connectivity index (χ0) is 17.9. The summed E-state index contributed by atoms with van der Waals surface area (Å²) in [7, 11) is 5.36. The van der Waals surface area contributed by atoms with Crippen LogP contribution in [0.25, 0.3) is 0 Å². The molecule has 1 amide bonds. The van der Waals surface area contributed by atoms with E-state index in [4.69, 9.17) is 4.74 Å². The van der Waals surface area contributed by atoms with Crippen LogP contribution in [0, 0.1) is 0 Å². The lowest BCUT2D eigenvalue weighted by Gasteiger charge is -2.25. The van der Waals surface area contributed by atoms with Crippen molar-refractivity contribution >= 4 is 35.8 Å². The van der Waals surface area contributed by atoms with E-state index in [0.29, 0.717) is 6.61 Å². The zero-order valence-corrected chi connectivity index (χ0v) is 18.7. The minimum atomic E-state index is 0. The van der Waals surface area contributed by atoms with Crippen molar-refractivity contribution in [2.75, 3.05) is 54.0 Å². The average molecular weight is 469 g/mol. The second-order valence-corrected chi connectivity index (χ2v) is 6.54. The molecule has 1 aliphatic heterocycles. The Morgan fingerprint density at radius 3 is 2.76 bits per heavy atom. The lowest BCUT2D eigenvalue weighted by molar-refractivity contribution is -0.133. The standard InChI is InChI=1S/C17H35N5O2.HI/c1-6-18-17(20-14(2)13-24-5)19-10-8-12-22-11-7-9-15(22)16(23)21(3)4;/h14-15H,6-13H2,1-5H3,(H2,18,19,20);1H. The smallest absolute Gasteiger partial charge is 0.239 e. The number of carbonyl (C=O) groups is 1. The van der Waals surface area contributed by atoms with Gasteiger partial charge in [0.1, 0.15) is 0 Å². The van der Waals surface area contributed by atoms with Crippen LogP contribution in [-0.2, 0) is 9.53 Å². The Morgan fingerprint density at radius 1 is 1.44 bits per heavy atom. The van der Waals surface area contributed by atoms with Crippen molar-refractivity contribution < 1.29 is 9.53 Å². The summed E-state index contributed by atoms with van der Waals surface area (Å²) in [6.07, 6.45) is 3.03. The van der Waals surface area contributed by atoms with Gasteiger partial charge in [0, 0.05) is 46.9 Å². The fourth-order valence-corrected chi connectivity index (χ4v) is 2.98. The number of halogens is 1. The van der Waals surface area contributed by atoms with E-state index in [-0.39, 0.29) is 42.0 Å². The molecule has 1 fully saturated rings. The molecule has 0 aromatic rings. The van der Waals surface area contributed by atoms with Gasteiger partial charge in [0.25, 0.3) is 0 Å². The van der Waals surface area contributed by atoms with E-state index in [1.165, 1.54) is 0 Å². The third kappa shape index (κ3) is 9.05. The molecule has 0 radical (unpaired) electrons. The largest absolute Gasteiger partial charge is 0.383 e. The molecule has 2 atom stereocenters. The maximum atomic E-state index is 12.2. The fourth-order valence-electron chi connectivity index (χ4n) is 2.98. The quantitative estimate of drug-likeness (QED) is 0.230. The van der Waals surface area contributed by atoms with Gasteiger partial charge in [0.2, 0.25) is 5.91 Å². The van der Waals surface area contributed by atoms with Crippen molar-refractivity contribution in [3.05, 3.63) is 0 Å². The molecule has 7 nitrogen and oxygen atoms in total. The van der Waals surface area contributed by atoms with Crippen molar-refractivity contribution in [3.8, 4) is 0 Å². The summed E-state index contributed by atoms with van der Waals surface area (Å²) in [5, 5.41) is 6.58. The number of aliphatic imine (C=N–C) groups is 1. The normalized spacial score (nSPS) is 19.2.